The number of rotatable bonds is 11. The van der Waals surface area contributed by atoms with E-state index in [2.05, 4.69) is 88.2 Å². The molecule has 0 aliphatic heterocycles. The summed E-state index contributed by atoms with van der Waals surface area (Å²) in [6.45, 7) is 17.9. The summed E-state index contributed by atoms with van der Waals surface area (Å²) in [4.78, 5) is 7.24. The maximum absolute atomic E-state index is 4.73. The summed E-state index contributed by atoms with van der Waals surface area (Å²) in [5.74, 6) is 0.800. The van der Waals surface area contributed by atoms with Crippen LogP contribution in [0.25, 0.3) is 0 Å². The van der Waals surface area contributed by atoms with Crippen LogP contribution >= 0.6 is 0 Å². The number of aliphatic imine (C=N–C) groups is 1. The molecule has 0 aromatic heterocycles. The Kier molecular flexibility index (Phi) is 8.27. The predicted octanol–water partition coefficient (Wildman–Crippen LogP) is 8.45. The van der Waals surface area contributed by atoms with Gasteiger partial charge in [0.1, 0.15) is 0 Å². The van der Waals surface area contributed by atoms with Gasteiger partial charge in [-0.15, -0.1) is 0 Å². The van der Waals surface area contributed by atoms with Gasteiger partial charge in [-0.25, -0.2) is 0 Å². The molecule has 1 aliphatic rings. The molecule has 0 amide bonds. The van der Waals surface area contributed by atoms with Crippen molar-refractivity contribution in [2.45, 2.75) is 59.8 Å². The zero-order valence-corrected chi connectivity index (χ0v) is 20.3. The van der Waals surface area contributed by atoms with Crippen LogP contribution in [0.5, 0.6) is 0 Å². The minimum atomic E-state index is 0.800. The fourth-order valence-electron chi connectivity index (χ4n) is 3.97. The van der Waals surface area contributed by atoms with Crippen LogP contribution in [0.2, 0.25) is 0 Å². The zero-order chi connectivity index (χ0) is 23.1. The molecule has 1 aliphatic carbocycles. The van der Waals surface area contributed by atoms with Crippen LogP contribution in [0.3, 0.4) is 0 Å². The highest BCUT2D eigenvalue weighted by molar-refractivity contribution is 5.87. The normalized spacial score (nSPS) is 14.1. The molecule has 2 aromatic carbocycles. The average molecular weight is 427 g/mol. The van der Waals surface area contributed by atoms with Crippen LogP contribution in [0.15, 0.2) is 77.8 Å². The number of anilines is 2. The quantitative estimate of drug-likeness (QED) is 0.260. The molecule has 0 saturated heterocycles. The van der Waals surface area contributed by atoms with Gasteiger partial charge < -0.3 is 4.90 Å². The van der Waals surface area contributed by atoms with E-state index < -0.39 is 0 Å². The van der Waals surface area contributed by atoms with E-state index in [4.69, 9.17) is 4.99 Å². The Morgan fingerprint density at radius 2 is 1.72 bits per heavy atom. The van der Waals surface area contributed by atoms with E-state index in [0.717, 1.165) is 48.6 Å². The second-order valence-corrected chi connectivity index (χ2v) is 8.79. The number of hydrogen-bond donors (Lipinski definition) is 0. The molecule has 2 heteroatoms. The third-order valence-corrected chi connectivity index (χ3v) is 6.17. The van der Waals surface area contributed by atoms with Crippen LogP contribution in [0, 0.1) is 12.8 Å². The number of hydrogen-bond acceptors (Lipinski definition) is 2. The van der Waals surface area contributed by atoms with Crippen molar-refractivity contribution in [2.75, 3.05) is 11.4 Å². The van der Waals surface area contributed by atoms with Gasteiger partial charge in [0.05, 0.1) is 5.69 Å². The van der Waals surface area contributed by atoms with Gasteiger partial charge in [0.2, 0.25) is 0 Å². The smallest absolute Gasteiger partial charge is 0.0660 e. The molecule has 0 unspecified atom stereocenters. The van der Waals surface area contributed by atoms with Crippen LogP contribution in [0.4, 0.5) is 17.1 Å². The van der Waals surface area contributed by atoms with Gasteiger partial charge in [-0.2, -0.15) is 0 Å². The highest BCUT2D eigenvalue weighted by atomic mass is 15.1. The van der Waals surface area contributed by atoms with Gasteiger partial charge in [-0.05, 0) is 103 Å². The Balaban J connectivity index is 1.90. The molecule has 0 spiro atoms. The molecular formula is C30H38N2. The molecule has 2 nitrogen and oxygen atoms in total. The van der Waals surface area contributed by atoms with Gasteiger partial charge >= 0.3 is 0 Å². The zero-order valence-electron chi connectivity index (χ0n) is 20.3. The predicted molar refractivity (Wildman–Crippen MR) is 142 cm³/mol. The molecule has 0 radical (unpaired) electrons. The Labute approximate surface area is 195 Å². The standard InChI is InChI=1S/C30H38N2/c1-7-11-27(10-4)23(6)20-31-30-15-14-28(16-22(30)5)32(21-26-12-13-26)29-18-24(8-2)17-25(9-3)19-29/h10-11,14-20,26H,4,6-9,12-13,21H2,1-3,5H3/b27-11+,31-20?. The number of benzene rings is 2. The van der Waals surface area contributed by atoms with Gasteiger partial charge in [0.25, 0.3) is 0 Å². The molecule has 0 N–H and O–H groups in total. The Hall–Kier alpha value is -2.87. The number of aryl methyl sites for hydroxylation is 3. The van der Waals surface area contributed by atoms with Gasteiger partial charge in [0, 0.05) is 24.1 Å². The lowest BCUT2D eigenvalue weighted by molar-refractivity contribution is 0.812. The van der Waals surface area contributed by atoms with E-state index in [1.54, 1.807) is 0 Å². The largest absolute Gasteiger partial charge is 0.341 e. The molecule has 168 valence electrons. The summed E-state index contributed by atoms with van der Waals surface area (Å²) in [5.41, 5.74) is 9.49. The molecule has 1 fully saturated rings. The van der Waals surface area contributed by atoms with E-state index in [1.165, 1.54) is 40.9 Å². The first-order valence-electron chi connectivity index (χ1n) is 12.1. The highest BCUT2D eigenvalue weighted by Crippen LogP contribution is 2.37. The lowest BCUT2D eigenvalue weighted by Gasteiger charge is -2.27. The first-order valence-corrected chi connectivity index (χ1v) is 12.1. The van der Waals surface area contributed by atoms with Gasteiger partial charge in [-0.1, -0.05) is 52.1 Å². The minimum Gasteiger partial charge on any atom is -0.341 e. The van der Waals surface area contributed by atoms with Crippen molar-refractivity contribution in [3.63, 3.8) is 0 Å². The molecule has 0 atom stereocenters. The molecule has 1 saturated carbocycles. The van der Waals surface area contributed by atoms with Crippen LogP contribution in [-0.4, -0.2) is 12.8 Å². The van der Waals surface area contributed by atoms with E-state index in [0.29, 0.717) is 0 Å². The lowest BCUT2D eigenvalue weighted by Crippen LogP contribution is -2.20. The summed E-state index contributed by atoms with van der Waals surface area (Å²) < 4.78 is 0. The molecule has 0 heterocycles. The van der Waals surface area contributed by atoms with Crippen LogP contribution in [-0.2, 0) is 12.8 Å². The molecule has 3 rings (SSSR count). The van der Waals surface area contributed by atoms with Crippen molar-refractivity contribution in [1.82, 2.24) is 0 Å². The number of nitrogens with zero attached hydrogens (tertiary/aromatic N) is 2. The summed E-state index contributed by atoms with van der Waals surface area (Å²) in [5, 5.41) is 0. The summed E-state index contributed by atoms with van der Waals surface area (Å²) in [6, 6.07) is 13.7. The second kappa shape index (κ2) is 11.1. The average Bonchev–Trinajstić information content (AvgIpc) is 3.63. The highest BCUT2D eigenvalue weighted by Gasteiger charge is 2.26. The van der Waals surface area contributed by atoms with Gasteiger partial charge in [0.15, 0.2) is 0 Å². The Bertz CT molecular complexity index is 999. The maximum atomic E-state index is 4.73. The SMILES string of the molecule is C=C/C(=C\CC)C(=C)C=Nc1ccc(N(CC2CC2)c2cc(CC)cc(CC)c2)cc1C. The maximum Gasteiger partial charge on any atom is 0.0660 e. The van der Waals surface area contributed by atoms with Crippen molar-refractivity contribution in [2.24, 2.45) is 10.9 Å². The van der Waals surface area contributed by atoms with E-state index >= 15 is 0 Å². The third-order valence-electron chi connectivity index (χ3n) is 6.17. The lowest BCUT2D eigenvalue weighted by atomic mass is 10.0. The Morgan fingerprint density at radius 3 is 2.25 bits per heavy atom. The van der Waals surface area contributed by atoms with Gasteiger partial charge in [-0.3, -0.25) is 4.99 Å². The van der Waals surface area contributed by atoms with Crippen molar-refractivity contribution in [1.29, 1.82) is 0 Å². The fraction of sp³-hybridized carbons (Fsp3) is 0.367. The van der Waals surface area contributed by atoms with Crippen molar-refractivity contribution >= 4 is 23.3 Å². The first-order chi connectivity index (χ1) is 15.5. The van der Waals surface area contributed by atoms with Crippen LogP contribution < -0.4 is 4.90 Å². The monoisotopic (exact) mass is 426 g/mol. The van der Waals surface area contributed by atoms with Crippen LogP contribution in [0.1, 0.15) is 56.7 Å². The molecule has 32 heavy (non-hydrogen) atoms. The van der Waals surface area contributed by atoms with Crippen molar-refractivity contribution < 1.29 is 0 Å². The van der Waals surface area contributed by atoms with E-state index in [-0.39, 0.29) is 0 Å². The van der Waals surface area contributed by atoms with E-state index in [1.807, 2.05) is 12.3 Å². The second-order valence-electron chi connectivity index (χ2n) is 8.79. The summed E-state index contributed by atoms with van der Waals surface area (Å²) in [7, 11) is 0. The van der Waals surface area contributed by atoms with E-state index in [9.17, 15) is 0 Å². The third kappa shape index (κ3) is 6.09. The summed E-state index contributed by atoms with van der Waals surface area (Å²) >= 11 is 0. The van der Waals surface area contributed by atoms with Crippen molar-refractivity contribution in [3.8, 4) is 0 Å². The number of allylic oxidation sites excluding steroid dienone is 4. The Morgan fingerprint density at radius 1 is 1.03 bits per heavy atom. The molecular weight excluding hydrogens is 388 g/mol. The minimum absolute atomic E-state index is 0.800. The molecule has 0 bridgehead atoms. The molecule has 2 aromatic rings. The van der Waals surface area contributed by atoms with Crippen molar-refractivity contribution in [3.05, 3.63) is 89.5 Å². The first kappa shape index (κ1) is 23.8. The topological polar surface area (TPSA) is 15.6 Å². The summed E-state index contributed by atoms with van der Waals surface area (Å²) in [6.07, 6.45) is 11.6. The fourth-order valence-corrected chi connectivity index (χ4v) is 3.97.